The van der Waals surface area contributed by atoms with Crippen molar-refractivity contribution in [2.75, 3.05) is 19.0 Å². The number of rotatable bonds is 5. The number of nitro groups is 1. The summed E-state index contributed by atoms with van der Waals surface area (Å²) >= 11 is 11.9. The second-order valence-electron chi connectivity index (χ2n) is 5.27. The molecule has 2 aromatic carbocycles. The van der Waals surface area contributed by atoms with E-state index in [9.17, 15) is 14.9 Å². The Morgan fingerprint density at radius 3 is 2.50 bits per heavy atom. The number of halogens is 2. The van der Waals surface area contributed by atoms with Gasteiger partial charge in [0.25, 0.3) is 11.6 Å². The predicted molar refractivity (Wildman–Crippen MR) is 95.1 cm³/mol. The fourth-order valence-electron chi connectivity index (χ4n) is 2.13. The van der Waals surface area contributed by atoms with Crippen LogP contribution in [-0.2, 0) is 6.54 Å². The minimum Gasteiger partial charge on any atom is -0.372 e. The zero-order chi connectivity index (χ0) is 17.9. The van der Waals surface area contributed by atoms with E-state index in [-0.39, 0.29) is 17.8 Å². The molecule has 126 valence electrons. The van der Waals surface area contributed by atoms with Gasteiger partial charge in [-0.1, -0.05) is 29.3 Å². The fourth-order valence-corrected chi connectivity index (χ4v) is 2.61. The number of carbonyl (C=O) groups excluding carboxylic acids is 1. The predicted octanol–water partition coefficient (Wildman–Crippen LogP) is 3.90. The molecule has 0 spiro atoms. The lowest BCUT2D eigenvalue weighted by Crippen LogP contribution is -2.23. The van der Waals surface area contributed by atoms with E-state index >= 15 is 0 Å². The van der Waals surface area contributed by atoms with E-state index in [1.165, 1.54) is 6.07 Å². The van der Waals surface area contributed by atoms with Crippen LogP contribution >= 0.6 is 23.2 Å². The number of carbonyl (C=O) groups is 1. The molecule has 0 bridgehead atoms. The number of nitrogens with zero attached hydrogens (tertiary/aromatic N) is 2. The maximum atomic E-state index is 12.2. The molecule has 24 heavy (non-hydrogen) atoms. The Kier molecular flexibility index (Phi) is 5.64. The third-order valence-electron chi connectivity index (χ3n) is 3.37. The van der Waals surface area contributed by atoms with Gasteiger partial charge >= 0.3 is 0 Å². The van der Waals surface area contributed by atoms with Crippen molar-refractivity contribution in [2.24, 2.45) is 0 Å². The van der Waals surface area contributed by atoms with Crippen LogP contribution < -0.4 is 10.2 Å². The van der Waals surface area contributed by atoms with Gasteiger partial charge in [0, 0.05) is 42.3 Å². The highest BCUT2D eigenvalue weighted by Crippen LogP contribution is 2.27. The summed E-state index contributed by atoms with van der Waals surface area (Å²) in [6, 6.07) is 9.31. The zero-order valence-electron chi connectivity index (χ0n) is 13.0. The number of nitrogens with one attached hydrogen (secondary N) is 1. The molecule has 0 radical (unpaired) electrons. The van der Waals surface area contributed by atoms with Crippen molar-refractivity contribution in [3.63, 3.8) is 0 Å². The fraction of sp³-hybridized carbons (Fsp3) is 0.188. The monoisotopic (exact) mass is 367 g/mol. The van der Waals surface area contributed by atoms with Crippen LogP contribution in [0.15, 0.2) is 36.4 Å². The molecule has 0 heterocycles. The molecule has 0 aliphatic rings. The Morgan fingerprint density at radius 2 is 1.92 bits per heavy atom. The van der Waals surface area contributed by atoms with E-state index in [0.717, 1.165) is 0 Å². The van der Waals surface area contributed by atoms with Crippen LogP contribution in [0.2, 0.25) is 10.0 Å². The van der Waals surface area contributed by atoms with Crippen molar-refractivity contribution in [3.05, 3.63) is 67.7 Å². The molecule has 1 N–H and O–H groups in total. The number of hydrogen-bond acceptors (Lipinski definition) is 4. The average molecular weight is 368 g/mol. The maximum absolute atomic E-state index is 12.2. The molecular weight excluding hydrogens is 353 g/mol. The lowest BCUT2D eigenvalue weighted by Gasteiger charge is -2.13. The van der Waals surface area contributed by atoms with Crippen LogP contribution in [0.1, 0.15) is 15.9 Å². The maximum Gasteiger partial charge on any atom is 0.293 e. The Morgan fingerprint density at radius 1 is 1.21 bits per heavy atom. The van der Waals surface area contributed by atoms with Crippen LogP contribution in [-0.4, -0.2) is 24.9 Å². The molecular formula is C16H15Cl2N3O3. The molecule has 2 aromatic rings. The number of benzene rings is 2. The minimum atomic E-state index is -0.512. The third kappa shape index (κ3) is 4.15. The summed E-state index contributed by atoms with van der Waals surface area (Å²) in [4.78, 5) is 24.5. The Labute approximate surface area is 149 Å². The SMILES string of the molecule is CN(C)c1ccc(C(=O)NCc2ccc(Cl)cc2Cl)cc1[N+](=O)[O-]. The summed E-state index contributed by atoms with van der Waals surface area (Å²) in [7, 11) is 3.40. The number of anilines is 1. The first kappa shape index (κ1) is 18.0. The lowest BCUT2D eigenvalue weighted by atomic mass is 10.1. The summed E-state index contributed by atoms with van der Waals surface area (Å²) in [5.74, 6) is -0.422. The molecule has 0 aliphatic heterocycles. The van der Waals surface area contributed by atoms with Crippen molar-refractivity contribution in [1.82, 2.24) is 5.32 Å². The number of hydrogen-bond donors (Lipinski definition) is 1. The summed E-state index contributed by atoms with van der Waals surface area (Å²) in [5.41, 5.74) is 1.21. The summed E-state index contributed by atoms with van der Waals surface area (Å²) in [6.07, 6.45) is 0. The van der Waals surface area contributed by atoms with Gasteiger partial charge in [0.05, 0.1) is 4.92 Å². The van der Waals surface area contributed by atoms with Crippen molar-refractivity contribution >= 4 is 40.5 Å². The molecule has 0 fully saturated rings. The molecule has 0 unspecified atom stereocenters. The Balaban J connectivity index is 2.18. The first-order chi connectivity index (χ1) is 11.3. The molecule has 0 atom stereocenters. The summed E-state index contributed by atoms with van der Waals surface area (Å²) in [5, 5.41) is 14.8. The van der Waals surface area contributed by atoms with Gasteiger partial charge in [0.2, 0.25) is 0 Å². The zero-order valence-corrected chi connectivity index (χ0v) is 14.6. The standard InChI is InChI=1S/C16H15Cl2N3O3/c1-20(2)14-6-4-10(7-15(14)21(23)24)16(22)19-9-11-3-5-12(17)8-13(11)18/h3-8H,9H2,1-2H3,(H,19,22). The highest BCUT2D eigenvalue weighted by Gasteiger charge is 2.18. The topological polar surface area (TPSA) is 75.5 Å². The normalized spacial score (nSPS) is 10.3. The van der Waals surface area contributed by atoms with Gasteiger partial charge in [-0.25, -0.2) is 0 Å². The first-order valence-corrected chi connectivity index (χ1v) is 7.73. The van der Waals surface area contributed by atoms with Crippen LogP contribution in [0, 0.1) is 10.1 Å². The Bertz CT molecular complexity index is 794. The largest absolute Gasteiger partial charge is 0.372 e. The average Bonchev–Trinajstić information content (AvgIpc) is 2.53. The summed E-state index contributed by atoms with van der Waals surface area (Å²) < 4.78 is 0. The van der Waals surface area contributed by atoms with Crippen molar-refractivity contribution < 1.29 is 9.72 Å². The quantitative estimate of drug-likeness (QED) is 0.642. The van der Waals surface area contributed by atoms with Gasteiger partial charge in [0.1, 0.15) is 5.69 Å². The van der Waals surface area contributed by atoms with Crippen LogP contribution in [0.4, 0.5) is 11.4 Å². The van der Waals surface area contributed by atoms with E-state index in [1.807, 2.05) is 0 Å². The van der Waals surface area contributed by atoms with E-state index in [2.05, 4.69) is 5.32 Å². The lowest BCUT2D eigenvalue weighted by molar-refractivity contribution is -0.384. The molecule has 2 rings (SSSR count). The minimum absolute atomic E-state index is 0.128. The van der Waals surface area contributed by atoms with E-state index in [0.29, 0.717) is 21.3 Å². The number of amides is 1. The van der Waals surface area contributed by atoms with Gasteiger partial charge in [0.15, 0.2) is 0 Å². The first-order valence-electron chi connectivity index (χ1n) is 6.97. The van der Waals surface area contributed by atoms with Crippen molar-refractivity contribution in [3.8, 4) is 0 Å². The van der Waals surface area contributed by atoms with E-state index < -0.39 is 10.8 Å². The molecule has 0 saturated heterocycles. The number of nitro benzene ring substituents is 1. The van der Waals surface area contributed by atoms with Gasteiger partial charge < -0.3 is 10.2 Å². The van der Waals surface area contributed by atoms with Crippen LogP contribution in [0.3, 0.4) is 0 Å². The van der Waals surface area contributed by atoms with E-state index in [4.69, 9.17) is 23.2 Å². The smallest absolute Gasteiger partial charge is 0.293 e. The van der Waals surface area contributed by atoms with Crippen molar-refractivity contribution in [2.45, 2.75) is 6.54 Å². The van der Waals surface area contributed by atoms with Gasteiger partial charge in [-0.15, -0.1) is 0 Å². The van der Waals surface area contributed by atoms with Gasteiger partial charge in [-0.2, -0.15) is 0 Å². The second-order valence-corrected chi connectivity index (χ2v) is 6.12. The van der Waals surface area contributed by atoms with E-state index in [1.54, 1.807) is 49.3 Å². The molecule has 6 nitrogen and oxygen atoms in total. The Hall–Kier alpha value is -2.31. The van der Waals surface area contributed by atoms with Crippen LogP contribution in [0.5, 0.6) is 0 Å². The van der Waals surface area contributed by atoms with Crippen molar-refractivity contribution in [1.29, 1.82) is 0 Å². The van der Waals surface area contributed by atoms with Gasteiger partial charge in [-0.05, 0) is 29.8 Å². The highest BCUT2D eigenvalue weighted by atomic mass is 35.5. The second kappa shape index (κ2) is 7.51. The molecule has 8 heteroatoms. The molecule has 0 aliphatic carbocycles. The third-order valence-corrected chi connectivity index (χ3v) is 3.96. The molecule has 0 saturated carbocycles. The highest BCUT2D eigenvalue weighted by molar-refractivity contribution is 6.35. The van der Waals surface area contributed by atoms with Gasteiger partial charge in [-0.3, -0.25) is 14.9 Å². The van der Waals surface area contributed by atoms with Crippen LogP contribution in [0.25, 0.3) is 0 Å². The summed E-state index contributed by atoms with van der Waals surface area (Å²) in [6.45, 7) is 0.193. The molecule has 0 aromatic heterocycles. The molecule has 1 amide bonds.